The number of nitro groups is 4. The SMILES string of the molecule is Brc1ccc(Br)c2nsnc12.Nc1c(N)c(-c2ccccc2)c2nsnc2c1-c1ccccc1.O=C1C(=O)c2ccccc2-c2ccccc21.O=[N+]([O-])c1c([N+](=O)[O-])c(-c2ccccc2)c2nsnc2c1-c1ccccc1.O=[N+]([O-])c1c([N+](=O)[O-])c(Br)c2nsnc2c1Br.OB(O)c1ccccc1.c1ccc(-c2c3nsnc3c(-c3ccccc3)c3nc4c5ccccc5c5ccccc5c4nc23)cc1. The lowest BCUT2D eigenvalue weighted by atomic mass is 9.81. The fourth-order valence-corrected chi connectivity index (χ4v) is 21.5. The van der Waals surface area contributed by atoms with E-state index in [1.54, 1.807) is 109 Å². The molecule has 6 aromatic heterocycles. The van der Waals surface area contributed by atoms with Gasteiger partial charge in [0.15, 0.2) is 0 Å². The summed E-state index contributed by atoms with van der Waals surface area (Å²) in [5.41, 5.74) is 33.3. The van der Waals surface area contributed by atoms with Gasteiger partial charge in [-0.15, -0.1) is 0 Å². The molecule has 24 rings (SSSR count). The Balaban J connectivity index is 0.000000113. The molecular weight excluding hydrogens is 2140 g/mol. The summed E-state index contributed by atoms with van der Waals surface area (Å²) < 4.78 is 44.8. The van der Waals surface area contributed by atoms with E-state index in [2.05, 4.69) is 196 Å². The predicted octanol–water partition coefficient (Wildman–Crippen LogP) is 25.8. The van der Waals surface area contributed by atoms with Gasteiger partial charge in [0.05, 0.1) is 112 Å². The number of ketones is 2. The molecule has 23 aromatic rings. The number of nitrogens with zero attached hydrogens (tertiary/aromatic N) is 16. The van der Waals surface area contributed by atoms with Gasteiger partial charge < -0.3 is 21.5 Å². The van der Waals surface area contributed by atoms with E-state index in [9.17, 15) is 50.0 Å². The lowest BCUT2D eigenvalue weighted by Crippen LogP contribution is -2.29. The molecule has 0 saturated carbocycles. The third-order valence-corrected chi connectivity index (χ3v) is 27.8. The first-order chi connectivity index (χ1) is 68.1. The van der Waals surface area contributed by atoms with Crippen molar-refractivity contribution in [3.8, 4) is 77.9 Å². The van der Waals surface area contributed by atoms with E-state index in [1.165, 1.54) is 46.0 Å². The summed E-state index contributed by atoms with van der Waals surface area (Å²) >= 11 is 18.0. The number of benzene rings is 17. The highest BCUT2D eigenvalue weighted by Crippen LogP contribution is 2.52. The van der Waals surface area contributed by atoms with Gasteiger partial charge in [0, 0.05) is 53.1 Å². The van der Waals surface area contributed by atoms with Crippen LogP contribution in [0.2, 0.25) is 0 Å². The largest absolute Gasteiger partial charge is 0.488 e. The van der Waals surface area contributed by atoms with Gasteiger partial charge in [-0.25, -0.2) is 9.97 Å². The minimum absolute atomic E-state index is 0.0406. The summed E-state index contributed by atoms with van der Waals surface area (Å²) in [6.07, 6.45) is 0. The van der Waals surface area contributed by atoms with Crippen LogP contribution >= 0.6 is 122 Å². The third-order valence-electron chi connectivity index (χ3n) is 22.3. The van der Waals surface area contributed by atoms with Crippen molar-refractivity contribution in [2.24, 2.45) is 0 Å². The number of fused-ring (bicyclic) bond motifs is 15. The first-order valence-electron chi connectivity index (χ1n) is 41.7. The second-order valence-electron chi connectivity index (χ2n) is 30.4. The van der Waals surface area contributed by atoms with E-state index in [4.69, 9.17) is 40.2 Å². The zero-order valence-corrected chi connectivity index (χ0v) is 81.9. The van der Waals surface area contributed by atoms with Crippen LogP contribution in [0.1, 0.15) is 20.7 Å². The fourth-order valence-electron chi connectivity index (χ4n) is 16.2. The standard InChI is InChI=1S/C32H18N4S.C18H10N4O4S.C18H14N4S.C14H8O2.C6H7BO2.C6Br2N4O4S.C6H2Br2N2S/c1-3-11-19(12-4-1)25-29-30(26(20-13-5-2-6-14-20)32-31(25)35-37-36-32)34-28-24-18-10-8-16-22(24)21-15-7-9-17-23(21)27(28)33-29;23-21(24)17-13(11-7-3-1-4-8-11)15-16(20-27-19-15)14(18(17)22(25)26)12-9-5-2-6-10-12;19-15-13(11-7-3-1-4-8-11)17-18(22-23-21-17)14(16(15)20)12-9-5-2-6-10-12;15-13-11-7-3-1-5-9(11)10-6-2-4-8-12(10)14(13)16;8-7(9)6-4-2-1-3-5-6;7-1-3-4(10-17-9-3)2(8)6(12(15)16)5(1)11(13)14;7-3-1-2-4(8)6-5(3)9-11-10-6/h1-18H;1-10H;1-10H,19-20H2;1-8H;1-5,8-9H;;1-2H. The molecule has 0 fully saturated rings. The zero-order valence-electron chi connectivity index (χ0n) is 71.5. The molecule has 40 heteroatoms. The van der Waals surface area contributed by atoms with Crippen LogP contribution in [0, 0.1) is 40.5 Å². The topological polar surface area (TPSA) is 454 Å². The van der Waals surface area contributed by atoms with Crippen LogP contribution in [0.4, 0.5) is 34.1 Å². The highest BCUT2D eigenvalue weighted by molar-refractivity contribution is 9.11. The smallest absolute Gasteiger partial charge is 0.423 e. The Morgan fingerprint density at radius 3 is 0.764 bits per heavy atom. The van der Waals surface area contributed by atoms with Gasteiger partial charge >= 0.3 is 29.9 Å². The average molecular weight is 2200 g/mol. The number of rotatable bonds is 11. The van der Waals surface area contributed by atoms with Crippen LogP contribution in [-0.4, -0.2) is 102 Å². The van der Waals surface area contributed by atoms with Crippen molar-refractivity contribution in [2.45, 2.75) is 0 Å². The number of anilines is 2. The molecule has 6 heterocycles. The molecule has 1 aliphatic carbocycles. The molecule has 6 N–H and O–H groups in total. The Bertz CT molecular complexity index is 8320. The number of nitro benzene ring substituents is 4. The van der Waals surface area contributed by atoms with E-state index < -0.39 is 61.1 Å². The second-order valence-corrected chi connectivity index (χ2v) is 36.3. The van der Waals surface area contributed by atoms with Crippen LogP contribution in [0.25, 0.3) is 177 Å². The van der Waals surface area contributed by atoms with Crippen molar-refractivity contribution in [1.29, 1.82) is 0 Å². The van der Waals surface area contributed by atoms with Gasteiger partial charge in [-0.2, -0.15) is 43.7 Å². The van der Waals surface area contributed by atoms with Gasteiger partial charge in [-0.1, -0.05) is 309 Å². The number of hydrogen-bond donors (Lipinski definition) is 4. The molecule has 0 spiro atoms. The molecule has 682 valence electrons. The monoisotopic (exact) mass is 2190 g/mol. The lowest BCUT2D eigenvalue weighted by Gasteiger charge is -2.16. The van der Waals surface area contributed by atoms with Crippen molar-refractivity contribution >= 4 is 279 Å². The summed E-state index contributed by atoms with van der Waals surface area (Å²) in [6.45, 7) is 0. The van der Waals surface area contributed by atoms with E-state index in [0.717, 1.165) is 154 Å². The number of hydrogen-bond acceptors (Lipinski definition) is 31. The van der Waals surface area contributed by atoms with Crippen LogP contribution < -0.4 is 16.9 Å². The van der Waals surface area contributed by atoms with Crippen molar-refractivity contribution in [3.05, 3.63) is 391 Å². The van der Waals surface area contributed by atoms with Crippen LogP contribution in [0.3, 0.4) is 0 Å². The fraction of sp³-hybridized carbons (Fsp3) is 0. The quantitative estimate of drug-likeness (QED) is 0.0178. The maximum atomic E-state index is 11.9. The molecule has 0 bridgehead atoms. The molecule has 30 nitrogen and oxygen atoms in total. The molecule has 0 saturated heterocycles. The summed E-state index contributed by atoms with van der Waals surface area (Å²) in [4.78, 5) is 77.0. The highest BCUT2D eigenvalue weighted by atomic mass is 79.9. The molecule has 140 heavy (non-hydrogen) atoms. The Kier molecular flexibility index (Phi) is 28.3. The van der Waals surface area contributed by atoms with Crippen LogP contribution in [-0.2, 0) is 0 Å². The van der Waals surface area contributed by atoms with Gasteiger partial charge in [0.25, 0.3) is 0 Å². The molecule has 0 radical (unpaired) electrons. The van der Waals surface area contributed by atoms with Gasteiger partial charge in [0.2, 0.25) is 11.6 Å². The zero-order chi connectivity index (χ0) is 97.5. The normalized spacial score (nSPS) is 11.2. The Hall–Kier alpha value is -15.6. The molecule has 0 aliphatic heterocycles. The van der Waals surface area contributed by atoms with Crippen molar-refractivity contribution in [2.75, 3.05) is 11.5 Å². The Morgan fingerprint density at radius 2 is 0.479 bits per heavy atom. The van der Waals surface area contributed by atoms with E-state index in [-0.39, 0.29) is 42.1 Å². The summed E-state index contributed by atoms with van der Waals surface area (Å²) in [6, 6.07) is 102. The number of nitrogens with two attached hydrogens (primary N) is 2. The van der Waals surface area contributed by atoms with Crippen molar-refractivity contribution in [1.82, 2.24) is 53.7 Å². The Morgan fingerprint density at radius 1 is 0.250 bits per heavy atom. The van der Waals surface area contributed by atoms with Gasteiger partial charge in [-0.3, -0.25) is 50.0 Å². The first kappa shape index (κ1) is 94.7. The number of carbonyl (C=O) groups excluding carboxylic acids is 2. The molecule has 0 atom stereocenters. The van der Waals surface area contributed by atoms with Crippen LogP contribution in [0.15, 0.2) is 339 Å². The molecule has 0 unspecified atom stereocenters. The summed E-state index contributed by atoms with van der Waals surface area (Å²) in [5.74, 6) is -0.816. The number of halogens is 4. The van der Waals surface area contributed by atoms with E-state index in [1.807, 2.05) is 115 Å². The average Bonchev–Trinajstić information content (AvgIpc) is 1.28. The number of Topliss-reactive ketones (excluding diaryl/α,β-unsaturated/α-hetero) is 2. The third kappa shape index (κ3) is 18.6. The van der Waals surface area contributed by atoms with Gasteiger partial charge in [0.1, 0.15) is 75.1 Å². The molecule has 1 aliphatic rings. The Labute approximate surface area is 845 Å². The molecule has 0 amide bonds. The summed E-state index contributed by atoms with van der Waals surface area (Å²) in [5, 5.41) is 67.3. The van der Waals surface area contributed by atoms with Crippen molar-refractivity contribution < 1.29 is 39.3 Å². The number of carbonyl (C=O) groups is 2. The number of nitrogen functional groups attached to an aromatic ring is 2. The van der Waals surface area contributed by atoms with E-state index in [0.29, 0.717) is 39.1 Å². The highest BCUT2D eigenvalue weighted by Gasteiger charge is 2.40. The molecular formula is C100H59BBr4N18O12S5. The maximum Gasteiger partial charge on any atom is 0.488 e. The van der Waals surface area contributed by atoms with Crippen LogP contribution in [0.5, 0.6) is 0 Å². The molecule has 17 aromatic carbocycles. The van der Waals surface area contributed by atoms with Crippen molar-refractivity contribution in [3.63, 3.8) is 0 Å². The first-order valence-corrected chi connectivity index (χ1v) is 48.5. The minimum Gasteiger partial charge on any atom is -0.423 e. The van der Waals surface area contributed by atoms with E-state index >= 15 is 0 Å². The number of aromatic nitrogens is 12. The minimum atomic E-state index is -1.34. The second kappa shape index (κ2) is 41.8. The summed E-state index contributed by atoms with van der Waals surface area (Å²) in [7, 11) is -1.34. The maximum absolute atomic E-state index is 11.9. The lowest BCUT2D eigenvalue weighted by molar-refractivity contribution is -0.423. The predicted molar refractivity (Wildman–Crippen MR) is 568 cm³/mol. The van der Waals surface area contributed by atoms with Gasteiger partial charge in [-0.05, 0) is 137 Å².